The van der Waals surface area contributed by atoms with Gasteiger partial charge in [0.05, 0.1) is 6.04 Å². The van der Waals surface area contributed by atoms with Crippen molar-refractivity contribution >= 4 is 5.91 Å². The molecule has 1 aliphatic rings. The number of amides is 1. The summed E-state index contributed by atoms with van der Waals surface area (Å²) in [4.78, 5) is 11.7. The lowest BCUT2D eigenvalue weighted by molar-refractivity contribution is -0.124. The van der Waals surface area contributed by atoms with Crippen LogP contribution >= 0.6 is 0 Å². The molecule has 4 heteroatoms. The molecule has 1 unspecified atom stereocenters. The van der Waals surface area contributed by atoms with Gasteiger partial charge in [0.2, 0.25) is 5.91 Å². The molecule has 0 aromatic heterocycles. The molecule has 16 heavy (non-hydrogen) atoms. The van der Waals surface area contributed by atoms with Gasteiger partial charge in [-0.15, -0.1) is 0 Å². The van der Waals surface area contributed by atoms with E-state index >= 15 is 0 Å². The van der Waals surface area contributed by atoms with Gasteiger partial charge in [-0.05, 0) is 26.2 Å². The first-order valence-corrected chi connectivity index (χ1v) is 6.53. The molecule has 0 bridgehead atoms. The Morgan fingerprint density at radius 1 is 1.31 bits per heavy atom. The summed E-state index contributed by atoms with van der Waals surface area (Å²) < 4.78 is 0. The summed E-state index contributed by atoms with van der Waals surface area (Å²) in [5.74, 6) is 0.110. The average molecular weight is 227 g/mol. The second-order valence-corrected chi connectivity index (χ2v) is 4.54. The monoisotopic (exact) mass is 227 g/mol. The highest BCUT2D eigenvalue weighted by Gasteiger charge is 2.17. The zero-order valence-electron chi connectivity index (χ0n) is 10.6. The van der Waals surface area contributed by atoms with E-state index in [0.717, 1.165) is 32.5 Å². The molecule has 1 atom stereocenters. The number of rotatable bonds is 6. The minimum atomic E-state index is -0.116. The molecular weight excluding hydrogens is 202 g/mol. The highest BCUT2D eigenvalue weighted by Crippen LogP contribution is 2.06. The summed E-state index contributed by atoms with van der Waals surface area (Å²) in [7, 11) is 0. The molecule has 0 aliphatic carbocycles. The van der Waals surface area contributed by atoms with Gasteiger partial charge in [0.1, 0.15) is 0 Å². The predicted octanol–water partition coefficient (Wildman–Crippen LogP) is 1.28. The molecule has 1 amide bonds. The van der Waals surface area contributed by atoms with Crippen LogP contribution < -0.4 is 10.7 Å². The number of hydrogen-bond acceptors (Lipinski definition) is 3. The maximum Gasteiger partial charge on any atom is 0.238 e. The van der Waals surface area contributed by atoms with Crippen LogP contribution in [0.4, 0.5) is 0 Å². The van der Waals surface area contributed by atoms with Gasteiger partial charge in [0.25, 0.3) is 0 Å². The van der Waals surface area contributed by atoms with Crippen LogP contribution in [-0.2, 0) is 4.79 Å². The van der Waals surface area contributed by atoms with Crippen LogP contribution in [0.1, 0.15) is 46.0 Å². The minimum absolute atomic E-state index is 0.110. The molecule has 4 nitrogen and oxygen atoms in total. The van der Waals surface area contributed by atoms with E-state index in [2.05, 4.69) is 22.7 Å². The zero-order valence-corrected chi connectivity index (χ0v) is 10.6. The summed E-state index contributed by atoms with van der Waals surface area (Å²) in [6.45, 7) is 6.97. The third-order valence-corrected chi connectivity index (χ3v) is 2.96. The Morgan fingerprint density at radius 2 is 2.00 bits per heavy atom. The van der Waals surface area contributed by atoms with E-state index in [0.29, 0.717) is 0 Å². The summed E-state index contributed by atoms with van der Waals surface area (Å²) in [6.07, 6.45) is 5.96. The summed E-state index contributed by atoms with van der Waals surface area (Å²) >= 11 is 0. The average Bonchev–Trinajstić information content (AvgIpc) is 2.30. The first-order chi connectivity index (χ1) is 7.74. The number of piperidine rings is 1. The van der Waals surface area contributed by atoms with Crippen LogP contribution in [0.5, 0.6) is 0 Å². The predicted molar refractivity (Wildman–Crippen MR) is 65.9 cm³/mol. The molecular formula is C12H25N3O. The Hall–Kier alpha value is -0.610. The van der Waals surface area contributed by atoms with Gasteiger partial charge in [0, 0.05) is 19.6 Å². The fourth-order valence-corrected chi connectivity index (χ4v) is 1.90. The molecule has 0 aromatic rings. The quantitative estimate of drug-likeness (QED) is 0.672. The van der Waals surface area contributed by atoms with E-state index in [-0.39, 0.29) is 11.9 Å². The number of unbranched alkanes of at least 4 members (excludes halogenated alkanes) is 1. The summed E-state index contributed by atoms with van der Waals surface area (Å²) in [6, 6.07) is -0.116. The first kappa shape index (κ1) is 13.5. The topological polar surface area (TPSA) is 44.4 Å². The molecule has 0 radical (unpaired) electrons. The third kappa shape index (κ3) is 4.94. The van der Waals surface area contributed by atoms with E-state index in [1.165, 1.54) is 19.3 Å². The Morgan fingerprint density at radius 3 is 2.62 bits per heavy atom. The molecule has 1 saturated heterocycles. The second kappa shape index (κ2) is 7.63. The lowest BCUT2D eigenvalue weighted by atomic mass is 10.2. The smallest absolute Gasteiger partial charge is 0.238 e. The Kier molecular flexibility index (Phi) is 6.42. The van der Waals surface area contributed by atoms with E-state index in [1.54, 1.807) is 0 Å². The number of hydrazine groups is 1. The van der Waals surface area contributed by atoms with E-state index in [4.69, 9.17) is 0 Å². The molecule has 1 heterocycles. The van der Waals surface area contributed by atoms with Crippen LogP contribution in [0.2, 0.25) is 0 Å². The number of nitrogens with zero attached hydrogens (tertiary/aromatic N) is 1. The third-order valence-electron chi connectivity index (χ3n) is 2.96. The molecule has 2 N–H and O–H groups in total. The van der Waals surface area contributed by atoms with Gasteiger partial charge < -0.3 is 5.32 Å². The minimum Gasteiger partial charge on any atom is -0.355 e. The van der Waals surface area contributed by atoms with Crippen molar-refractivity contribution in [2.24, 2.45) is 0 Å². The van der Waals surface area contributed by atoms with Crippen LogP contribution in [-0.4, -0.2) is 36.6 Å². The largest absolute Gasteiger partial charge is 0.355 e. The zero-order chi connectivity index (χ0) is 11.8. The molecule has 1 aliphatic heterocycles. The normalized spacial score (nSPS) is 19.4. The van der Waals surface area contributed by atoms with Crippen LogP contribution in [0.15, 0.2) is 0 Å². The summed E-state index contributed by atoms with van der Waals surface area (Å²) in [5, 5.41) is 5.12. The Balaban J connectivity index is 2.16. The Bertz CT molecular complexity index is 202. The van der Waals surface area contributed by atoms with Crippen LogP contribution in [0.3, 0.4) is 0 Å². The van der Waals surface area contributed by atoms with Crippen molar-refractivity contribution in [3.63, 3.8) is 0 Å². The molecule has 1 rings (SSSR count). The van der Waals surface area contributed by atoms with E-state index in [1.807, 2.05) is 6.92 Å². The van der Waals surface area contributed by atoms with Crippen molar-refractivity contribution in [2.75, 3.05) is 19.6 Å². The fraction of sp³-hybridized carbons (Fsp3) is 0.917. The molecule has 0 saturated carbocycles. The van der Waals surface area contributed by atoms with Gasteiger partial charge >= 0.3 is 0 Å². The Labute approximate surface area is 98.7 Å². The number of carbonyl (C=O) groups is 1. The standard InChI is InChI=1S/C12H25N3O/c1-3-4-8-13-12(16)11(2)14-15-9-6-5-7-10-15/h11,14H,3-10H2,1-2H3,(H,13,16). The van der Waals surface area contributed by atoms with Crippen molar-refractivity contribution in [3.8, 4) is 0 Å². The number of nitrogens with one attached hydrogen (secondary N) is 2. The summed E-state index contributed by atoms with van der Waals surface area (Å²) in [5.41, 5.74) is 3.27. The van der Waals surface area contributed by atoms with Crippen molar-refractivity contribution in [2.45, 2.75) is 52.0 Å². The highest BCUT2D eigenvalue weighted by atomic mass is 16.2. The number of hydrogen-bond donors (Lipinski definition) is 2. The second-order valence-electron chi connectivity index (χ2n) is 4.54. The molecule has 0 spiro atoms. The molecule has 1 fully saturated rings. The maximum atomic E-state index is 11.7. The van der Waals surface area contributed by atoms with Gasteiger partial charge in [-0.1, -0.05) is 19.8 Å². The lowest BCUT2D eigenvalue weighted by Crippen LogP contribution is -2.52. The lowest BCUT2D eigenvalue weighted by Gasteiger charge is -2.29. The van der Waals surface area contributed by atoms with Gasteiger partial charge in [-0.3, -0.25) is 4.79 Å². The van der Waals surface area contributed by atoms with E-state index in [9.17, 15) is 4.79 Å². The molecule has 94 valence electrons. The first-order valence-electron chi connectivity index (χ1n) is 6.53. The molecule has 0 aromatic carbocycles. The number of carbonyl (C=O) groups excluding carboxylic acids is 1. The highest BCUT2D eigenvalue weighted by molar-refractivity contribution is 5.81. The van der Waals surface area contributed by atoms with Crippen LogP contribution in [0.25, 0.3) is 0 Å². The van der Waals surface area contributed by atoms with Crippen molar-refractivity contribution in [3.05, 3.63) is 0 Å². The van der Waals surface area contributed by atoms with Gasteiger partial charge in [-0.2, -0.15) is 0 Å². The van der Waals surface area contributed by atoms with Crippen molar-refractivity contribution in [1.82, 2.24) is 15.8 Å². The fourth-order valence-electron chi connectivity index (χ4n) is 1.90. The van der Waals surface area contributed by atoms with Crippen molar-refractivity contribution in [1.29, 1.82) is 0 Å². The van der Waals surface area contributed by atoms with E-state index < -0.39 is 0 Å². The SMILES string of the molecule is CCCCNC(=O)C(C)NN1CCCCC1. The van der Waals surface area contributed by atoms with Gasteiger partial charge in [0.15, 0.2) is 0 Å². The maximum absolute atomic E-state index is 11.7. The van der Waals surface area contributed by atoms with Gasteiger partial charge in [-0.25, -0.2) is 10.4 Å². The van der Waals surface area contributed by atoms with Crippen LogP contribution in [0, 0.1) is 0 Å². The van der Waals surface area contributed by atoms with Crippen molar-refractivity contribution < 1.29 is 4.79 Å².